The van der Waals surface area contributed by atoms with Gasteiger partial charge in [0.25, 0.3) is 0 Å². The summed E-state index contributed by atoms with van der Waals surface area (Å²) in [7, 11) is 0. The fourth-order valence-corrected chi connectivity index (χ4v) is 4.56. The zero-order valence-corrected chi connectivity index (χ0v) is 19.2. The Morgan fingerprint density at radius 1 is 1.00 bits per heavy atom. The van der Waals surface area contributed by atoms with Gasteiger partial charge < -0.3 is 10.6 Å². The van der Waals surface area contributed by atoms with E-state index >= 15 is 0 Å². The number of benzene rings is 2. The van der Waals surface area contributed by atoms with Crippen molar-refractivity contribution in [1.29, 1.82) is 0 Å². The van der Waals surface area contributed by atoms with Crippen molar-refractivity contribution in [3.8, 4) is 0 Å². The fourth-order valence-electron chi connectivity index (χ4n) is 4.01. The summed E-state index contributed by atoms with van der Waals surface area (Å²) < 4.78 is 1.09. The van der Waals surface area contributed by atoms with Crippen LogP contribution in [0.15, 0.2) is 65.4 Å². The van der Waals surface area contributed by atoms with Crippen molar-refractivity contribution in [2.24, 2.45) is 0 Å². The molecule has 4 rings (SSSR count). The van der Waals surface area contributed by atoms with Crippen LogP contribution in [0.1, 0.15) is 42.7 Å². The van der Waals surface area contributed by atoms with E-state index in [1.165, 1.54) is 36.8 Å². The van der Waals surface area contributed by atoms with Gasteiger partial charge in [-0.2, -0.15) is 0 Å². The SMILES string of the molecule is Clc1ccc(C[C@H](CNc2cc(NC3CCCC3)ncn2)c2cccc(Br)c2)cc1. The van der Waals surface area contributed by atoms with Crippen LogP contribution >= 0.6 is 27.5 Å². The number of halogens is 2. The average molecular weight is 486 g/mol. The van der Waals surface area contributed by atoms with Crippen LogP contribution in [0.4, 0.5) is 11.6 Å². The summed E-state index contributed by atoms with van der Waals surface area (Å²) in [6.07, 6.45) is 7.59. The van der Waals surface area contributed by atoms with Gasteiger partial charge in [0.15, 0.2) is 0 Å². The lowest BCUT2D eigenvalue weighted by Crippen LogP contribution is -2.18. The summed E-state index contributed by atoms with van der Waals surface area (Å²) >= 11 is 9.67. The Balaban J connectivity index is 1.46. The van der Waals surface area contributed by atoms with E-state index in [-0.39, 0.29) is 0 Å². The molecule has 0 bridgehead atoms. The van der Waals surface area contributed by atoms with E-state index in [0.717, 1.165) is 34.1 Å². The number of hydrogen-bond acceptors (Lipinski definition) is 4. The van der Waals surface area contributed by atoms with Crippen molar-refractivity contribution in [1.82, 2.24) is 9.97 Å². The van der Waals surface area contributed by atoms with E-state index in [2.05, 4.69) is 72.9 Å². The lowest BCUT2D eigenvalue weighted by atomic mass is 9.92. The fraction of sp³-hybridized carbons (Fsp3) is 0.333. The maximum atomic E-state index is 6.06. The van der Waals surface area contributed by atoms with Gasteiger partial charge in [0.05, 0.1) is 0 Å². The van der Waals surface area contributed by atoms with Crippen LogP contribution in [0.3, 0.4) is 0 Å². The molecule has 1 aliphatic carbocycles. The normalized spacial score (nSPS) is 15.1. The lowest BCUT2D eigenvalue weighted by Gasteiger charge is -2.20. The van der Waals surface area contributed by atoms with Gasteiger partial charge in [-0.05, 0) is 54.7 Å². The Bertz CT molecular complexity index is 957. The lowest BCUT2D eigenvalue weighted by molar-refractivity contribution is 0.714. The summed E-state index contributed by atoms with van der Waals surface area (Å²) in [6, 6.07) is 19.2. The molecule has 2 aromatic carbocycles. The first-order valence-corrected chi connectivity index (χ1v) is 11.7. The second-order valence-electron chi connectivity index (χ2n) is 7.88. The van der Waals surface area contributed by atoms with E-state index in [4.69, 9.17) is 11.6 Å². The molecule has 1 saturated carbocycles. The van der Waals surface area contributed by atoms with Crippen LogP contribution in [0.5, 0.6) is 0 Å². The highest BCUT2D eigenvalue weighted by molar-refractivity contribution is 9.10. The molecular formula is C24H26BrClN4. The third kappa shape index (κ3) is 5.96. The molecule has 1 heterocycles. The van der Waals surface area contributed by atoms with Gasteiger partial charge in [-0.3, -0.25) is 0 Å². The van der Waals surface area contributed by atoms with Gasteiger partial charge in [0.1, 0.15) is 18.0 Å². The highest BCUT2D eigenvalue weighted by Crippen LogP contribution is 2.26. The molecule has 3 aromatic rings. The van der Waals surface area contributed by atoms with Crippen LogP contribution in [-0.2, 0) is 6.42 Å². The molecule has 1 aliphatic rings. The monoisotopic (exact) mass is 484 g/mol. The minimum Gasteiger partial charge on any atom is -0.369 e. The quantitative estimate of drug-likeness (QED) is 0.373. The summed E-state index contributed by atoms with van der Waals surface area (Å²) in [5.74, 6) is 2.04. The third-order valence-electron chi connectivity index (χ3n) is 5.62. The van der Waals surface area contributed by atoms with Gasteiger partial charge in [-0.1, -0.05) is 64.6 Å². The molecule has 4 nitrogen and oxygen atoms in total. The molecule has 0 unspecified atom stereocenters. The Morgan fingerprint density at radius 3 is 2.53 bits per heavy atom. The number of nitrogens with one attached hydrogen (secondary N) is 2. The molecule has 0 aliphatic heterocycles. The second kappa shape index (κ2) is 10.3. The van der Waals surface area contributed by atoms with Gasteiger partial charge in [0, 0.05) is 34.1 Å². The number of anilines is 2. The first-order valence-electron chi connectivity index (χ1n) is 10.5. The van der Waals surface area contributed by atoms with Gasteiger partial charge in [-0.25, -0.2) is 9.97 Å². The zero-order valence-electron chi connectivity index (χ0n) is 16.8. The van der Waals surface area contributed by atoms with E-state index in [1.807, 2.05) is 18.2 Å². The predicted octanol–water partition coefficient (Wildman–Crippen LogP) is 6.69. The highest BCUT2D eigenvalue weighted by atomic mass is 79.9. The molecule has 1 atom stereocenters. The van der Waals surface area contributed by atoms with Crippen molar-refractivity contribution in [2.45, 2.75) is 44.1 Å². The Labute approximate surface area is 191 Å². The van der Waals surface area contributed by atoms with Crippen LogP contribution in [0, 0.1) is 0 Å². The molecule has 0 spiro atoms. The molecular weight excluding hydrogens is 460 g/mol. The first kappa shape index (κ1) is 21.1. The van der Waals surface area contributed by atoms with E-state index in [1.54, 1.807) is 6.33 Å². The summed E-state index contributed by atoms with van der Waals surface area (Å²) in [4.78, 5) is 8.82. The molecule has 0 amide bonds. The maximum absolute atomic E-state index is 6.06. The van der Waals surface area contributed by atoms with E-state index < -0.39 is 0 Å². The second-order valence-corrected chi connectivity index (χ2v) is 9.23. The smallest absolute Gasteiger partial charge is 0.131 e. The number of aromatic nitrogens is 2. The minimum absolute atomic E-state index is 0.296. The molecule has 30 heavy (non-hydrogen) atoms. The molecule has 0 radical (unpaired) electrons. The maximum Gasteiger partial charge on any atom is 0.131 e. The van der Waals surface area contributed by atoms with Crippen molar-refractivity contribution >= 4 is 39.2 Å². The third-order valence-corrected chi connectivity index (χ3v) is 6.36. The standard InChI is InChI=1S/C24H26BrClN4/c25-20-5-3-4-18(13-20)19(12-17-8-10-21(26)11-9-17)15-27-23-14-24(29-16-28-23)30-22-6-1-2-7-22/h3-5,8-11,13-14,16,19,22H,1-2,6-7,12,15H2,(H2,27,28,29,30)/t19-/m1/s1. The minimum atomic E-state index is 0.296. The van der Waals surface area contributed by atoms with Crippen molar-refractivity contribution in [3.63, 3.8) is 0 Å². The Morgan fingerprint density at radius 2 is 1.77 bits per heavy atom. The Kier molecular flexibility index (Phi) is 7.24. The summed E-state index contributed by atoms with van der Waals surface area (Å²) in [5.41, 5.74) is 2.54. The summed E-state index contributed by atoms with van der Waals surface area (Å²) in [6.45, 7) is 0.777. The van der Waals surface area contributed by atoms with Gasteiger partial charge in [0.2, 0.25) is 0 Å². The van der Waals surface area contributed by atoms with Crippen molar-refractivity contribution in [2.75, 3.05) is 17.2 Å². The largest absolute Gasteiger partial charge is 0.369 e. The molecule has 6 heteroatoms. The van der Waals surface area contributed by atoms with E-state index in [0.29, 0.717) is 12.0 Å². The number of nitrogens with zero attached hydrogens (tertiary/aromatic N) is 2. The topological polar surface area (TPSA) is 49.8 Å². The number of hydrogen-bond donors (Lipinski definition) is 2. The van der Waals surface area contributed by atoms with Crippen molar-refractivity contribution < 1.29 is 0 Å². The first-order chi connectivity index (χ1) is 14.7. The van der Waals surface area contributed by atoms with Crippen LogP contribution < -0.4 is 10.6 Å². The Hall–Kier alpha value is -2.11. The predicted molar refractivity (Wildman–Crippen MR) is 128 cm³/mol. The highest BCUT2D eigenvalue weighted by Gasteiger charge is 2.16. The molecule has 1 fully saturated rings. The molecule has 1 aromatic heterocycles. The van der Waals surface area contributed by atoms with Crippen LogP contribution in [0.2, 0.25) is 5.02 Å². The van der Waals surface area contributed by atoms with Gasteiger partial charge in [-0.15, -0.1) is 0 Å². The van der Waals surface area contributed by atoms with Crippen LogP contribution in [0.25, 0.3) is 0 Å². The number of rotatable bonds is 8. The molecule has 2 N–H and O–H groups in total. The van der Waals surface area contributed by atoms with Crippen LogP contribution in [-0.4, -0.2) is 22.6 Å². The zero-order chi connectivity index (χ0) is 20.8. The summed E-state index contributed by atoms with van der Waals surface area (Å²) in [5, 5.41) is 7.83. The van der Waals surface area contributed by atoms with E-state index in [9.17, 15) is 0 Å². The van der Waals surface area contributed by atoms with Crippen molar-refractivity contribution in [3.05, 3.63) is 81.5 Å². The molecule has 0 saturated heterocycles. The average Bonchev–Trinajstić information content (AvgIpc) is 3.26. The van der Waals surface area contributed by atoms with Gasteiger partial charge >= 0.3 is 0 Å². The molecule has 156 valence electrons.